The molecule has 0 saturated carbocycles. The number of aromatic nitrogens is 3. The third-order valence-corrected chi connectivity index (χ3v) is 2.06. The molecule has 0 spiro atoms. The lowest BCUT2D eigenvalue weighted by Crippen LogP contribution is -2.12. The number of rotatable bonds is 3. The van der Waals surface area contributed by atoms with Crippen molar-refractivity contribution in [2.75, 3.05) is 0 Å². The fourth-order valence-electron chi connectivity index (χ4n) is 1.37. The molecule has 6 heteroatoms. The molecule has 0 amide bonds. The first-order valence-corrected chi connectivity index (χ1v) is 4.37. The Morgan fingerprint density at radius 2 is 2.33 bits per heavy atom. The molecule has 0 fully saturated rings. The molecule has 15 heavy (non-hydrogen) atoms. The summed E-state index contributed by atoms with van der Waals surface area (Å²) in [6.45, 7) is 0. The van der Waals surface area contributed by atoms with Gasteiger partial charge in [0.25, 0.3) is 0 Å². The summed E-state index contributed by atoms with van der Waals surface area (Å²) in [6, 6.07) is 1.79. The van der Waals surface area contributed by atoms with Crippen LogP contribution in [0, 0.1) is 0 Å². The molecule has 0 atom stereocenters. The van der Waals surface area contributed by atoms with Crippen LogP contribution in [0.3, 0.4) is 0 Å². The van der Waals surface area contributed by atoms with E-state index in [0.717, 1.165) is 11.4 Å². The van der Waals surface area contributed by atoms with Gasteiger partial charge in [-0.25, -0.2) is 9.78 Å². The number of nitrogens with zero attached hydrogens (tertiary/aromatic N) is 1. The van der Waals surface area contributed by atoms with Crippen LogP contribution in [0.25, 0.3) is 0 Å². The normalized spacial score (nSPS) is 10.2. The molecule has 2 heterocycles. The maximum absolute atomic E-state index is 11.2. The van der Waals surface area contributed by atoms with E-state index in [-0.39, 0.29) is 0 Å². The number of hydrogen-bond acceptors (Lipinski definition) is 4. The predicted octanol–water partition coefficient (Wildman–Crippen LogP) is 0.359. The first-order chi connectivity index (χ1) is 7.31. The molecule has 78 valence electrons. The Morgan fingerprint density at radius 1 is 1.47 bits per heavy atom. The number of hydrogen-bond donors (Lipinski definition) is 3. The summed E-state index contributed by atoms with van der Waals surface area (Å²) >= 11 is 0. The number of nitrogens with two attached hydrogens (primary N) is 1. The Hall–Kier alpha value is -2.08. The summed E-state index contributed by atoms with van der Waals surface area (Å²) < 4.78 is 0. The molecule has 4 N–H and O–H groups in total. The van der Waals surface area contributed by atoms with Crippen molar-refractivity contribution in [1.82, 2.24) is 15.0 Å². The number of aromatic amines is 2. The Morgan fingerprint density at radius 3 is 3.00 bits per heavy atom. The lowest BCUT2D eigenvalue weighted by molar-refractivity contribution is 0.0496. The Bertz CT molecular complexity index is 446. The predicted molar refractivity (Wildman–Crippen MR) is 51.8 cm³/mol. The van der Waals surface area contributed by atoms with Gasteiger partial charge in [0, 0.05) is 25.0 Å². The standard InChI is InChI=1S/C9H10N4O2/c10-15-9(14)8-6(1-2-13-8)5-7-11-3-4-12-7/h1-4,13H,5,10H2,(H,11,12). The van der Waals surface area contributed by atoms with Gasteiger partial charge in [-0.3, -0.25) is 0 Å². The van der Waals surface area contributed by atoms with E-state index in [1.165, 1.54) is 0 Å². The average Bonchev–Trinajstić information content (AvgIpc) is 2.88. The summed E-state index contributed by atoms with van der Waals surface area (Å²) in [5, 5.41) is 0. The van der Waals surface area contributed by atoms with Gasteiger partial charge < -0.3 is 14.8 Å². The third-order valence-electron chi connectivity index (χ3n) is 2.06. The van der Waals surface area contributed by atoms with Crippen LogP contribution in [0.1, 0.15) is 21.9 Å². The van der Waals surface area contributed by atoms with E-state index in [2.05, 4.69) is 19.8 Å². The molecule has 0 aliphatic carbocycles. The minimum absolute atomic E-state index is 0.355. The zero-order chi connectivity index (χ0) is 10.7. The van der Waals surface area contributed by atoms with E-state index < -0.39 is 5.97 Å². The molecule has 0 bridgehead atoms. The van der Waals surface area contributed by atoms with Crippen LogP contribution < -0.4 is 5.90 Å². The molecule has 6 nitrogen and oxygen atoms in total. The zero-order valence-corrected chi connectivity index (χ0v) is 7.86. The highest BCUT2D eigenvalue weighted by Crippen LogP contribution is 2.11. The highest BCUT2D eigenvalue weighted by atomic mass is 16.7. The molecule has 0 aromatic carbocycles. The molecule has 2 aromatic rings. The van der Waals surface area contributed by atoms with Gasteiger partial charge in [-0.2, -0.15) is 5.90 Å². The van der Waals surface area contributed by atoms with Gasteiger partial charge in [-0.15, -0.1) is 0 Å². The summed E-state index contributed by atoms with van der Waals surface area (Å²) in [5.74, 6) is 5.01. The lowest BCUT2D eigenvalue weighted by Gasteiger charge is -1.99. The van der Waals surface area contributed by atoms with Crippen molar-refractivity contribution in [2.45, 2.75) is 6.42 Å². The van der Waals surface area contributed by atoms with Crippen LogP contribution in [0.2, 0.25) is 0 Å². The van der Waals surface area contributed by atoms with Crippen molar-refractivity contribution in [3.05, 3.63) is 41.7 Å². The Kier molecular flexibility index (Phi) is 2.51. The average molecular weight is 206 g/mol. The third kappa shape index (κ3) is 1.89. The Labute approximate surface area is 85.4 Å². The van der Waals surface area contributed by atoms with Crippen molar-refractivity contribution in [3.8, 4) is 0 Å². The van der Waals surface area contributed by atoms with Crippen molar-refractivity contribution in [3.63, 3.8) is 0 Å². The van der Waals surface area contributed by atoms with Crippen LogP contribution in [0.4, 0.5) is 0 Å². The van der Waals surface area contributed by atoms with E-state index in [0.29, 0.717) is 12.1 Å². The second-order valence-electron chi connectivity index (χ2n) is 3.00. The number of nitrogens with one attached hydrogen (secondary N) is 2. The van der Waals surface area contributed by atoms with E-state index in [1.54, 1.807) is 24.7 Å². The van der Waals surface area contributed by atoms with Crippen molar-refractivity contribution in [1.29, 1.82) is 0 Å². The molecule has 2 rings (SSSR count). The smallest absolute Gasteiger partial charge is 0.369 e. The van der Waals surface area contributed by atoms with Gasteiger partial charge in [0.2, 0.25) is 0 Å². The maximum Gasteiger partial charge on any atom is 0.373 e. The number of imidazole rings is 1. The van der Waals surface area contributed by atoms with Crippen LogP contribution in [0.15, 0.2) is 24.7 Å². The SMILES string of the molecule is NOC(=O)c1[nH]ccc1Cc1ncc[nH]1. The summed E-state index contributed by atoms with van der Waals surface area (Å²) in [6.07, 6.45) is 5.57. The summed E-state index contributed by atoms with van der Waals surface area (Å²) in [5.41, 5.74) is 1.15. The molecule has 0 saturated heterocycles. The molecule has 0 aliphatic heterocycles. The van der Waals surface area contributed by atoms with Gasteiger partial charge in [0.05, 0.1) is 0 Å². The molecule has 0 aliphatic rings. The van der Waals surface area contributed by atoms with E-state index in [9.17, 15) is 4.79 Å². The molecule has 0 radical (unpaired) electrons. The summed E-state index contributed by atoms with van der Waals surface area (Å²) in [4.78, 5) is 25.2. The second-order valence-corrected chi connectivity index (χ2v) is 3.00. The highest BCUT2D eigenvalue weighted by Gasteiger charge is 2.14. The molecule has 0 unspecified atom stereocenters. The van der Waals surface area contributed by atoms with E-state index in [1.807, 2.05) is 0 Å². The van der Waals surface area contributed by atoms with Gasteiger partial charge in [-0.1, -0.05) is 0 Å². The van der Waals surface area contributed by atoms with Crippen molar-refractivity contribution < 1.29 is 9.63 Å². The van der Waals surface area contributed by atoms with Crippen LogP contribution >= 0.6 is 0 Å². The second kappa shape index (κ2) is 3.97. The molecule has 2 aromatic heterocycles. The minimum Gasteiger partial charge on any atom is -0.369 e. The first-order valence-electron chi connectivity index (χ1n) is 4.37. The number of H-pyrrole nitrogens is 2. The number of carbonyl (C=O) groups is 1. The van der Waals surface area contributed by atoms with Gasteiger partial charge >= 0.3 is 5.97 Å². The maximum atomic E-state index is 11.2. The fourth-order valence-corrected chi connectivity index (χ4v) is 1.37. The van der Waals surface area contributed by atoms with Crippen LogP contribution in [-0.2, 0) is 11.3 Å². The zero-order valence-electron chi connectivity index (χ0n) is 7.86. The molecular weight excluding hydrogens is 196 g/mol. The highest BCUT2D eigenvalue weighted by molar-refractivity contribution is 5.88. The quantitative estimate of drug-likeness (QED) is 0.631. The largest absolute Gasteiger partial charge is 0.373 e. The lowest BCUT2D eigenvalue weighted by atomic mass is 10.1. The monoisotopic (exact) mass is 206 g/mol. The Balaban J connectivity index is 2.22. The summed E-state index contributed by atoms with van der Waals surface area (Å²) in [7, 11) is 0. The topological polar surface area (TPSA) is 96.8 Å². The van der Waals surface area contributed by atoms with Crippen molar-refractivity contribution in [2.24, 2.45) is 5.90 Å². The van der Waals surface area contributed by atoms with E-state index >= 15 is 0 Å². The molecular formula is C9H10N4O2. The first kappa shape index (κ1) is 9.47. The fraction of sp³-hybridized carbons (Fsp3) is 0.111. The van der Waals surface area contributed by atoms with Gasteiger partial charge in [0.1, 0.15) is 11.5 Å². The van der Waals surface area contributed by atoms with Gasteiger partial charge in [0.15, 0.2) is 0 Å². The van der Waals surface area contributed by atoms with Crippen molar-refractivity contribution >= 4 is 5.97 Å². The van der Waals surface area contributed by atoms with Gasteiger partial charge in [-0.05, 0) is 11.6 Å². The van der Waals surface area contributed by atoms with Crippen LogP contribution in [-0.4, -0.2) is 20.9 Å². The van der Waals surface area contributed by atoms with Crippen LogP contribution in [0.5, 0.6) is 0 Å². The minimum atomic E-state index is -0.582. The van der Waals surface area contributed by atoms with E-state index in [4.69, 9.17) is 5.90 Å². The number of carbonyl (C=O) groups excluding carboxylic acids is 1.